The first-order chi connectivity index (χ1) is 18.6. The van der Waals surface area contributed by atoms with Gasteiger partial charge in [0.05, 0.1) is 23.2 Å². The second-order valence-corrected chi connectivity index (χ2v) is 9.53. The number of carbonyl (C=O) groups is 1. The molecule has 0 fully saturated rings. The average Bonchev–Trinajstić information content (AvgIpc) is 3.32. The van der Waals surface area contributed by atoms with Gasteiger partial charge in [0.15, 0.2) is 5.82 Å². The Morgan fingerprint density at radius 1 is 1.05 bits per heavy atom. The van der Waals surface area contributed by atoms with E-state index in [0.717, 1.165) is 46.6 Å². The molecule has 2 N–H and O–H groups in total. The lowest BCUT2D eigenvalue weighted by molar-refractivity contribution is 0.0696. The molecule has 7 nitrogen and oxygen atoms in total. The van der Waals surface area contributed by atoms with Crippen LogP contribution in [0.4, 0.5) is 11.4 Å². The molecule has 38 heavy (non-hydrogen) atoms. The average molecular weight is 505 g/mol. The monoisotopic (exact) mass is 504 g/mol. The molecule has 190 valence electrons. The van der Waals surface area contributed by atoms with Crippen molar-refractivity contribution in [2.75, 3.05) is 11.9 Å². The number of para-hydroxylation sites is 2. The van der Waals surface area contributed by atoms with E-state index in [1.165, 1.54) is 17.8 Å². The van der Waals surface area contributed by atoms with Gasteiger partial charge >= 0.3 is 5.97 Å². The highest BCUT2D eigenvalue weighted by molar-refractivity contribution is 5.89. The normalized spacial score (nSPS) is 14.6. The maximum absolute atomic E-state index is 11.6. The predicted molar refractivity (Wildman–Crippen MR) is 148 cm³/mol. The van der Waals surface area contributed by atoms with Gasteiger partial charge in [0.25, 0.3) is 0 Å². The molecular weight excluding hydrogens is 476 g/mol. The first kappa shape index (κ1) is 23.7. The lowest BCUT2D eigenvalue weighted by Crippen LogP contribution is -2.19. The SMILES string of the molecule is CCc1ccc(Nc2ccc3c(c2)OCCC3Cn2c(-c3cc(C(=O)O)ccn3)nc3ccccc32)cc1. The number of carboxylic acid groups (broad SMARTS) is 1. The Morgan fingerprint density at radius 3 is 2.68 bits per heavy atom. The number of aromatic nitrogens is 3. The number of benzene rings is 3. The Morgan fingerprint density at radius 2 is 1.87 bits per heavy atom. The van der Waals surface area contributed by atoms with Crippen LogP contribution >= 0.6 is 0 Å². The molecule has 1 aliphatic rings. The van der Waals surface area contributed by atoms with Gasteiger partial charge in [-0.3, -0.25) is 4.98 Å². The number of pyridine rings is 1. The maximum atomic E-state index is 11.6. The molecule has 3 aromatic carbocycles. The summed E-state index contributed by atoms with van der Waals surface area (Å²) in [5, 5.41) is 13.0. The number of imidazole rings is 1. The van der Waals surface area contributed by atoms with Crippen molar-refractivity contribution < 1.29 is 14.6 Å². The van der Waals surface area contributed by atoms with Crippen LogP contribution in [0.5, 0.6) is 5.75 Å². The van der Waals surface area contributed by atoms with Crippen molar-refractivity contribution in [2.45, 2.75) is 32.2 Å². The Hall–Kier alpha value is -4.65. The number of aromatic carboxylic acids is 1. The fraction of sp³-hybridized carbons (Fsp3) is 0.194. The fourth-order valence-corrected chi connectivity index (χ4v) is 5.08. The number of fused-ring (bicyclic) bond motifs is 2. The number of carboxylic acids is 1. The second-order valence-electron chi connectivity index (χ2n) is 9.53. The second kappa shape index (κ2) is 10.0. The lowest BCUT2D eigenvalue weighted by atomic mass is 9.92. The number of rotatable bonds is 7. The van der Waals surface area contributed by atoms with Crippen LogP contribution in [-0.4, -0.2) is 32.2 Å². The van der Waals surface area contributed by atoms with Gasteiger partial charge in [-0.25, -0.2) is 9.78 Å². The largest absolute Gasteiger partial charge is 0.493 e. The van der Waals surface area contributed by atoms with Crippen LogP contribution in [0.3, 0.4) is 0 Å². The van der Waals surface area contributed by atoms with E-state index < -0.39 is 5.97 Å². The molecule has 0 saturated carbocycles. The first-order valence-corrected chi connectivity index (χ1v) is 12.9. The topological polar surface area (TPSA) is 89.3 Å². The van der Waals surface area contributed by atoms with Gasteiger partial charge in [0, 0.05) is 36.1 Å². The van der Waals surface area contributed by atoms with Gasteiger partial charge < -0.3 is 19.7 Å². The summed E-state index contributed by atoms with van der Waals surface area (Å²) in [5.41, 5.74) is 7.06. The van der Waals surface area contributed by atoms with E-state index in [0.29, 0.717) is 24.7 Å². The number of hydrogen-bond donors (Lipinski definition) is 2. The molecule has 2 aromatic heterocycles. The molecule has 1 atom stereocenters. The van der Waals surface area contributed by atoms with Crippen LogP contribution in [0, 0.1) is 0 Å². The van der Waals surface area contributed by atoms with Crippen molar-refractivity contribution in [2.24, 2.45) is 0 Å². The summed E-state index contributed by atoms with van der Waals surface area (Å²) in [5.74, 6) is 0.764. The van der Waals surface area contributed by atoms with Crippen LogP contribution in [0.15, 0.2) is 85.1 Å². The minimum atomic E-state index is -0.986. The number of nitrogens with zero attached hydrogens (tertiary/aromatic N) is 3. The smallest absolute Gasteiger partial charge is 0.335 e. The highest BCUT2D eigenvalue weighted by atomic mass is 16.5. The van der Waals surface area contributed by atoms with Gasteiger partial charge in [0.1, 0.15) is 11.4 Å². The molecule has 1 unspecified atom stereocenters. The number of anilines is 2. The van der Waals surface area contributed by atoms with Gasteiger partial charge in [-0.1, -0.05) is 37.3 Å². The van der Waals surface area contributed by atoms with E-state index in [2.05, 4.69) is 64.3 Å². The standard InChI is InChI=1S/C31H28N4O3/c1-2-20-7-9-23(10-8-20)33-24-11-12-25-22(14-16-38-29(25)18-24)19-35-28-6-4-3-5-26(28)34-30(35)27-17-21(31(36)37)13-15-32-27/h3-13,15,17-18,22,33H,2,14,16,19H2,1H3,(H,36,37). The Bertz CT molecular complexity index is 1620. The van der Waals surface area contributed by atoms with E-state index in [1.807, 2.05) is 24.3 Å². The molecule has 1 aliphatic heterocycles. The fourth-order valence-electron chi connectivity index (χ4n) is 5.08. The predicted octanol–water partition coefficient (Wildman–Crippen LogP) is 6.67. The summed E-state index contributed by atoms with van der Waals surface area (Å²) >= 11 is 0. The van der Waals surface area contributed by atoms with E-state index in [4.69, 9.17) is 9.72 Å². The number of aryl methyl sites for hydroxylation is 1. The number of nitrogens with one attached hydrogen (secondary N) is 1. The lowest BCUT2D eigenvalue weighted by Gasteiger charge is -2.27. The van der Waals surface area contributed by atoms with E-state index in [1.54, 1.807) is 6.07 Å². The number of hydrogen-bond acceptors (Lipinski definition) is 5. The summed E-state index contributed by atoms with van der Waals surface area (Å²) in [4.78, 5) is 20.9. The van der Waals surface area contributed by atoms with Crippen molar-refractivity contribution in [1.82, 2.24) is 14.5 Å². The van der Waals surface area contributed by atoms with Crippen molar-refractivity contribution in [1.29, 1.82) is 0 Å². The van der Waals surface area contributed by atoms with E-state index in [9.17, 15) is 9.90 Å². The van der Waals surface area contributed by atoms with Crippen LogP contribution in [0.25, 0.3) is 22.6 Å². The Labute approximate surface area is 220 Å². The third kappa shape index (κ3) is 4.59. The third-order valence-corrected chi connectivity index (χ3v) is 7.12. The molecular formula is C31H28N4O3. The van der Waals surface area contributed by atoms with Crippen molar-refractivity contribution in [3.05, 3.63) is 102 Å². The molecule has 0 radical (unpaired) electrons. The zero-order valence-electron chi connectivity index (χ0n) is 21.1. The van der Waals surface area contributed by atoms with Crippen molar-refractivity contribution in [3.8, 4) is 17.3 Å². The zero-order chi connectivity index (χ0) is 26.1. The van der Waals surface area contributed by atoms with E-state index in [-0.39, 0.29) is 11.5 Å². The van der Waals surface area contributed by atoms with Crippen molar-refractivity contribution >= 4 is 28.4 Å². The number of ether oxygens (including phenoxy) is 1. The van der Waals surface area contributed by atoms with E-state index >= 15 is 0 Å². The highest BCUT2D eigenvalue weighted by Crippen LogP contribution is 2.38. The maximum Gasteiger partial charge on any atom is 0.335 e. The summed E-state index contributed by atoms with van der Waals surface area (Å²) in [7, 11) is 0. The summed E-state index contributed by atoms with van der Waals surface area (Å²) in [6.07, 6.45) is 3.41. The Kier molecular flexibility index (Phi) is 6.25. The van der Waals surface area contributed by atoms with Crippen LogP contribution in [-0.2, 0) is 13.0 Å². The van der Waals surface area contributed by atoms with Crippen LogP contribution in [0.1, 0.15) is 40.7 Å². The molecule has 0 amide bonds. The summed E-state index contributed by atoms with van der Waals surface area (Å²) in [6.45, 7) is 3.45. The molecule has 0 saturated heterocycles. The highest BCUT2D eigenvalue weighted by Gasteiger charge is 2.25. The van der Waals surface area contributed by atoms with Crippen LogP contribution < -0.4 is 10.1 Å². The first-order valence-electron chi connectivity index (χ1n) is 12.9. The third-order valence-electron chi connectivity index (χ3n) is 7.12. The van der Waals surface area contributed by atoms with Gasteiger partial charge in [0.2, 0.25) is 0 Å². The van der Waals surface area contributed by atoms with Crippen molar-refractivity contribution in [3.63, 3.8) is 0 Å². The molecule has 5 aromatic rings. The molecule has 0 spiro atoms. The molecule has 7 heteroatoms. The van der Waals surface area contributed by atoms with Gasteiger partial charge in [-0.15, -0.1) is 0 Å². The van der Waals surface area contributed by atoms with Crippen LogP contribution in [0.2, 0.25) is 0 Å². The molecule has 6 rings (SSSR count). The summed E-state index contributed by atoms with van der Waals surface area (Å²) in [6, 6.07) is 25.8. The minimum Gasteiger partial charge on any atom is -0.493 e. The quantitative estimate of drug-likeness (QED) is 0.257. The van der Waals surface area contributed by atoms with Gasteiger partial charge in [-0.2, -0.15) is 0 Å². The molecule has 3 heterocycles. The molecule has 0 aliphatic carbocycles. The molecule has 0 bridgehead atoms. The Balaban J connectivity index is 1.33. The van der Waals surface area contributed by atoms with Gasteiger partial charge in [-0.05, 0) is 66.4 Å². The minimum absolute atomic E-state index is 0.189. The summed E-state index contributed by atoms with van der Waals surface area (Å²) < 4.78 is 8.25. The zero-order valence-corrected chi connectivity index (χ0v) is 21.1.